The fourth-order valence-corrected chi connectivity index (χ4v) is 2.82. The third kappa shape index (κ3) is 3.77. The van der Waals surface area contributed by atoms with Crippen LogP contribution in [-0.2, 0) is 4.74 Å². The summed E-state index contributed by atoms with van der Waals surface area (Å²) in [7, 11) is 0. The molecule has 6 heteroatoms. The first-order valence-electron chi connectivity index (χ1n) is 7.48. The Hall–Kier alpha value is -1.46. The average molecular weight is 283 g/mol. The van der Waals surface area contributed by atoms with Crippen molar-refractivity contribution in [3.63, 3.8) is 0 Å². The molecule has 2 N–H and O–H groups in total. The van der Waals surface area contributed by atoms with Gasteiger partial charge < -0.3 is 15.4 Å². The van der Waals surface area contributed by atoms with E-state index >= 15 is 0 Å². The van der Waals surface area contributed by atoms with E-state index in [4.69, 9.17) is 4.74 Å². The summed E-state index contributed by atoms with van der Waals surface area (Å²) in [6, 6.07) is 0.154. The number of carbonyl (C=O) groups is 2. The van der Waals surface area contributed by atoms with Crippen molar-refractivity contribution in [2.24, 2.45) is 0 Å². The third-order valence-electron chi connectivity index (χ3n) is 4.11. The molecule has 2 aliphatic rings. The van der Waals surface area contributed by atoms with Gasteiger partial charge >= 0.3 is 12.1 Å². The van der Waals surface area contributed by atoms with Gasteiger partial charge in [0.05, 0.1) is 12.1 Å². The van der Waals surface area contributed by atoms with Crippen LogP contribution in [0.2, 0.25) is 0 Å². The van der Waals surface area contributed by atoms with Crippen LogP contribution >= 0.6 is 0 Å². The van der Waals surface area contributed by atoms with E-state index in [1.54, 1.807) is 4.90 Å². The van der Waals surface area contributed by atoms with Crippen LogP contribution in [0.15, 0.2) is 0 Å². The maximum absolute atomic E-state index is 11.9. The van der Waals surface area contributed by atoms with Gasteiger partial charge in [0, 0.05) is 12.6 Å². The zero-order valence-electron chi connectivity index (χ0n) is 12.4. The zero-order chi connectivity index (χ0) is 14.6. The highest BCUT2D eigenvalue weighted by Gasteiger charge is 2.35. The summed E-state index contributed by atoms with van der Waals surface area (Å²) in [5.74, 6) is 0. The lowest BCUT2D eigenvalue weighted by Gasteiger charge is -2.33. The van der Waals surface area contributed by atoms with Gasteiger partial charge in [-0.1, -0.05) is 19.3 Å². The molecular weight excluding hydrogens is 258 g/mol. The highest BCUT2D eigenvalue weighted by atomic mass is 16.6. The summed E-state index contributed by atoms with van der Waals surface area (Å²) in [6.07, 6.45) is 5.48. The maximum Gasteiger partial charge on any atom is 0.410 e. The molecule has 0 aromatic carbocycles. The van der Waals surface area contributed by atoms with E-state index in [0.717, 1.165) is 12.8 Å². The predicted octanol–water partition coefficient (Wildman–Crippen LogP) is 1.85. The van der Waals surface area contributed by atoms with E-state index in [2.05, 4.69) is 10.6 Å². The Kier molecular flexibility index (Phi) is 4.73. The number of hydrogen-bond acceptors (Lipinski definition) is 3. The number of rotatable bonds is 4. The van der Waals surface area contributed by atoms with Crippen LogP contribution in [0, 0.1) is 0 Å². The summed E-state index contributed by atoms with van der Waals surface area (Å²) in [5.41, 5.74) is -0.433. The van der Waals surface area contributed by atoms with Crippen LogP contribution < -0.4 is 10.6 Å². The van der Waals surface area contributed by atoms with E-state index in [1.807, 2.05) is 13.8 Å². The lowest BCUT2D eigenvalue weighted by Crippen LogP contribution is -2.54. The molecule has 0 spiro atoms. The Morgan fingerprint density at radius 3 is 2.65 bits per heavy atom. The van der Waals surface area contributed by atoms with Crippen molar-refractivity contribution in [1.82, 2.24) is 15.5 Å². The molecule has 0 bridgehead atoms. The molecule has 1 saturated carbocycles. The Morgan fingerprint density at radius 1 is 1.35 bits per heavy atom. The van der Waals surface area contributed by atoms with E-state index in [0.29, 0.717) is 25.7 Å². The number of nitrogens with zero attached hydrogens (tertiary/aromatic N) is 1. The summed E-state index contributed by atoms with van der Waals surface area (Å²) in [4.78, 5) is 25.1. The number of hydrogen-bond donors (Lipinski definition) is 2. The smallest absolute Gasteiger partial charge is 0.410 e. The highest BCUT2D eigenvalue weighted by molar-refractivity contribution is 5.74. The first-order valence-corrected chi connectivity index (χ1v) is 7.48. The van der Waals surface area contributed by atoms with Crippen molar-refractivity contribution in [1.29, 1.82) is 0 Å². The van der Waals surface area contributed by atoms with Gasteiger partial charge in [-0.3, -0.25) is 4.90 Å². The molecule has 1 heterocycles. The van der Waals surface area contributed by atoms with E-state index < -0.39 is 5.54 Å². The van der Waals surface area contributed by atoms with Crippen molar-refractivity contribution in [3.8, 4) is 0 Å². The largest absolute Gasteiger partial charge is 0.448 e. The Morgan fingerprint density at radius 2 is 2.05 bits per heavy atom. The van der Waals surface area contributed by atoms with Crippen molar-refractivity contribution >= 4 is 12.1 Å². The molecule has 2 rings (SSSR count). The topological polar surface area (TPSA) is 70.7 Å². The second-order valence-corrected chi connectivity index (χ2v) is 6.24. The quantitative estimate of drug-likeness (QED) is 0.827. The van der Waals surface area contributed by atoms with Gasteiger partial charge in [-0.25, -0.2) is 9.59 Å². The molecule has 20 heavy (non-hydrogen) atoms. The van der Waals surface area contributed by atoms with Gasteiger partial charge in [-0.2, -0.15) is 0 Å². The SMILES string of the molecule is CC(C)(CNC(=O)NC1CCCCC1)N1CCOC1=O. The van der Waals surface area contributed by atoms with Crippen LogP contribution in [0.5, 0.6) is 0 Å². The first kappa shape index (κ1) is 14.9. The molecule has 0 aromatic rings. The van der Waals surface area contributed by atoms with Crippen LogP contribution in [0.25, 0.3) is 0 Å². The first-order chi connectivity index (χ1) is 9.49. The molecule has 0 unspecified atom stereocenters. The molecule has 3 amide bonds. The van der Waals surface area contributed by atoms with Crippen LogP contribution in [-0.4, -0.2) is 48.3 Å². The molecule has 1 aliphatic carbocycles. The van der Waals surface area contributed by atoms with Crippen molar-refractivity contribution in [3.05, 3.63) is 0 Å². The standard InChI is InChI=1S/C14H25N3O3/c1-14(2,17-8-9-20-13(17)19)10-15-12(18)16-11-6-4-3-5-7-11/h11H,3-10H2,1-2H3,(H2,15,16,18). The van der Waals surface area contributed by atoms with Crippen LogP contribution in [0.3, 0.4) is 0 Å². The van der Waals surface area contributed by atoms with Gasteiger partial charge in [0.25, 0.3) is 0 Å². The van der Waals surface area contributed by atoms with E-state index in [-0.39, 0.29) is 12.1 Å². The number of ether oxygens (including phenoxy) is 1. The zero-order valence-corrected chi connectivity index (χ0v) is 12.4. The molecule has 6 nitrogen and oxygen atoms in total. The van der Waals surface area contributed by atoms with Gasteiger partial charge in [0.15, 0.2) is 0 Å². The lowest BCUT2D eigenvalue weighted by molar-refractivity contribution is 0.125. The molecule has 114 valence electrons. The second kappa shape index (κ2) is 6.33. The van der Waals surface area contributed by atoms with Crippen LogP contribution in [0.4, 0.5) is 9.59 Å². The normalized spacial score (nSPS) is 20.7. The summed E-state index contributed by atoms with van der Waals surface area (Å²) in [5, 5.41) is 5.88. The summed E-state index contributed by atoms with van der Waals surface area (Å²) < 4.78 is 4.94. The monoisotopic (exact) mass is 283 g/mol. The minimum atomic E-state index is -0.433. The minimum absolute atomic E-state index is 0.141. The molecule has 0 atom stereocenters. The van der Waals surface area contributed by atoms with Gasteiger partial charge in [0.2, 0.25) is 0 Å². The predicted molar refractivity (Wildman–Crippen MR) is 75.5 cm³/mol. The molecule has 0 aromatic heterocycles. The fraction of sp³-hybridized carbons (Fsp3) is 0.857. The fourth-order valence-electron chi connectivity index (χ4n) is 2.82. The molecule has 2 fully saturated rings. The highest BCUT2D eigenvalue weighted by Crippen LogP contribution is 2.19. The Labute approximate surface area is 120 Å². The number of carbonyl (C=O) groups excluding carboxylic acids is 2. The lowest BCUT2D eigenvalue weighted by atomic mass is 9.96. The van der Waals surface area contributed by atoms with Crippen molar-refractivity contribution in [2.75, 3.05) is 19.7 Å². The molecular formula is C14H25N3O3. The van der Waals surface area contributed by atoms with E-state index in [1.165, 1.54) is 19.3 Å². The Balaban J connectivity index is 1.75. The molecule has 0 radical (unpaired) electrons. The van der Waals surface area contributed by atoms with Crippen molar-refractivity contribution in [2.45, 2.75) is 57.5 Å². The van der Waals surface area contributed by atoms with Gasteiger partial charge in [-0.15, -0.1) is 0 Å². The average Bonchev–Trinajstić information content (AvgIpc) is 2.85. The number of urea groups is 1. The third-order valence-corrected chi connectivity index (χ3v) is 4.11. The van der Waals surface area contributed by atoms with Crippen LogP contribution in [0.1, 0.15) is 46.0 Å². The molecule has 1 saturated heterocycles. The van der Waals surface area contributed by atoms with Crippen molar-refractivity contribution < 1.29 is 14.3 Å². The van der Waals surface area contributed by atoms with E-state index in [9.17, 15) is 9.59 Å². The van der Waals surface area contributed by atoms with Gasteiger partial charge in [-0.05, 0) is 26.7 Å². The summed E-state index contributed by atoms with van der Waals surface area (Å²) >= 11 is 0. The Bertz CT molecular complexity index is 365. The number of cyclic esters (lactones) is 1. The summed E-state index contributed by atoms with van der Waals surface area (Å²) in [6.45, 7) is 5.29. The molecule has 1 aliphatic heterocycles. The number of amides is 3. The maximum atomic E-state index is 11.9. The van der Waals surface area contributed by atoms with Gasteiger partial charge in [0.1, 0.15) is 6.61 Å². The second-order valence-electron chi connectivity index (χ2n) is 6.24. The minimum Gasteiger partial charge on any atom is -0.448 e. The number of nitrogens with one attached hydrogen (secondary N) is 2.